The molecule has 1 N–H and O–H groups in total. The van der Waals surface area contributed by atoms with Crippen molar-refractivity contribution >= 4 is 17.7 Å². The number of thioether (sulfide) groups is 1. The van der Waals surface area contributed by atoms with Gasteiger partial charge in [-0.1, -0.05) is 6.07 Å². The maximum absolute atomic E-state index is 12.4. The number of hydrogen-bond donors (Lipinski definition) is 1. The number of methoxy groups -OCH3 is 2. The molecule has 0 saturated heterocycles. The number of aryl methyl sites for hydroxylation is 1. The van der Waals surface area contributed by atoms with E-state index >= 15 is 0 Å². The molecule has 1 aromatic carbocycles. The van der Waals surface area contributed by atoms with Crippen molar-refractivity contribution in [2.24, 2.45) is 7.05 Å². The highest BCUT2D eigenvalue weighted by atomic mass is 32.2. The molecule has 0 radical (unpaired) electrons. The number of carbonyl (C=O) groups excluding carboxylic acids is 1. The van der Waals surface area contributed by atoms with Gasteiger partial charge in [0.1, 0.15) is 11.5 Å². The van der Waals surface area contributed by atoms with E-state index in [2.05, 4.69) is 5.10 Å². The molecule has 1 atom stereocenters. The molecule has 0 spiro atoms. The van der Waals surface area contributed by atoms with Crippen LogP contribution in [0.15, 0.2) is 56.7 Å². The van der Waals surface area contributed by atoms with Crippen LogP contribution >= 0.6 is 11.8 Å². The first-order valence-corrected chi connectivity index (χ1v) is 10.1. The Morgan fingerprint density at radius 2 is 2.10 bits per heavy atom. The Morgan fingerprint density at radius 3 is 2.77 bits per heavy atom. The Labute approximate surface area is 177 Å². The van der Waals surface area contributed by atoms with Gasteiger partial charge in [0, 0.05) is 29.9 Å². The van der Waals surface area contributed by atoms with Gasteiger partial charge in [-0.3, -0.25) is 14.3 Å². The lowest BCUT2D eigenvalue weighted by Gasteiger charge is -2.17. The van der Waals surface area contributed by atoms with Gasteiger partial charge in [-0.15, -0.1) is 11.8 Å². The average molecular weight is 430 g/mol. The van der Waals surface area contributed by atoms with Crippen LogP contribution in [0.2, 0.25) is 0 Å². The zero-order valence-electron chi connectivity index (χ0n) is 16.8. The standard InChI is InChI=1S/C21H22N2O6S/c1-23-17(7-8-22-23)16(11-19(25)28-3)21-20(26)18(24)10-14(29-21)12-30-15-6-4-5-13(9-15)27-2/h4-10,16,26H,11-12H2,1-3H3. The number of aromatic hydroxyl groups is 1. The Morgan fingerprint density at radius 1 is 1.30 bits per heavy atom. The lowest BCUT2D eigenvalue weighted by atomic mass is 9.97. The van der Waals surface area contributed by atoms with E-state index in [0.717, 1.165) is 10.6 Å². The highest BCUT2D eigenvalue weighted by Gasteiger charge is 2.28. The van der Waals surface area contributed by atoms with Gasteiger partial charge >= 0.3 is 5.97 Å². The molecule has 158 valence electrons. The van der Waals surface area contributed by atoms with Crippen molar-refractivity contribution in [1.29, 1.82) is 0 Å². The molecule has 3 rings (SSSR count). The van der Waals surface area contributed by atoms with Crippen LogP contribution in [-0.2, 0) is 22.3 Å². The fourth-order valence-electron chi connectivity index (χ4n) is 3.02. The third kappa shape index (κ3) is 4.85. The van der Waals surface area contributed by atoms with Gasteiger partial charge in [-0.25, -0.2) is 0 Å². The van der Waals surface area contributed by atoms with Crippen LogP contribution in [-0.4, -0.2) is 35.1 Å². The second-order valence-electron chi connectivity index (χ2n) is 6.47. The SMILES string of the molecule is COC(=O)CC(c1oc(CSc2cccc(OC)c2)cc(=O)c1O)c1ccnn1C. The Kier molecular flexibility index (Phi) is 6.83. The first-order chi connectivity index (χ1) is 14.4. The number of aromatic nitrogens is 2. The fraction of sp³-hybridized carbons (Fsp3) is 0.286. The van der Waals surface area contributed by atoms with E-state index in [1.807, 2.05) is 24.3 Å². The maximum atomic E-state index is 12.4. The summed E-state index contributed by atoms with van der Waals surface area (Å²) in [6.45, 7) is 0. The number of ether oxygens (including phenoxy) is 2. The zero-order valence-corrected chi connectivity index (χ0v) is 17.6. The van der Waals surface area contributed by atoms with Crippen molar-refractivity contribution in [2.75, 3.05) is 14.2 Å². The molecule has 2 heterocycles. The highest BCUT2D eigenvalue weighted by molar-refractivity contribution is 7.98. The molecule has 0 saturated carbocycles. The largest absolute Gasteiger partial charge is 0.502 e. The van der Waals surface area contributed by atoms with Gasteiger partial charge in [0.2, 0.25) is 11.2 Å². The van der Waals surface area contributed by atoms with Crippen LogP contribution in [0.4, 0.5) is 0 Å². The topological polar surface area (TPSA) is 104 Å². The second-order valence-corrected chi connectivity index (χ2v) is 7.52. The zero-order chi connectivity index (χ0) is 21.7. The van der Waals surface area contributed by atoms with E-state index in [1.165, 1.54) is 24.9 Å². The van der Waals surface area contributed by atoms with Crippen molar-refractivity contribution in [2.45, 2.75) is 23.0 Å². The summed E-state index contributed by atoms with van der Waals surface area (Å²) < 4.78 is 17.5. The molecule has 0 bridgehead atoms. The van der Waals surface area contributed by atoms with E-state index in [4.69, 9.17) is 13.9 Å². The Hall–Kier alpha value is -3.20. The van der Waals surface area contributed by atoms with Gasteiger partial charge < -0.3 is 19.0 Å². The van der Waals surface area contributed by atoms with E-state index in [-0.39, 0.29) is 12.2 Å². The van der Waals surface area contributed by atoms with E-state index in [1.54, 1.807) is 31.1 Å². The predicted molar refractivity (Wildman–Crippen MR) is 111 cm³/mol. The summed E-state index contributed by atoms with van der Waals surface area (Å²) >= 11 is 1.45. The Balaban J connectivity index is 1.94. The first kappa shape index (κ1) is 21.5. The van der Waals surface area contributed by atoms with E-state index in [9.17, 15) is 14.7 Å². The molecule has 8 nitrogen and oxygen atoms in total. The summed E-state index contributed by atoms with van der Waals surface area (Å²) in [6.07, 6.45) is 1.45. The van der Waals surface area contributed by atoms with Crippen molar-refractivity contribution < 1.29 is 23.8 Å². The molecule has 0 fully saturated rings. The maximum Gasteiger partial charge on any atom is 0.306 e. The van der Waals surface area contributed by atoms with Crippen LogP contribution < -0.4 is 10.2 Å². The number of carbonyl (C=O) groups is 1. The smallest absolute Gasteiger partial charge is 0.306 e. The van der Waals surface area contributed by atoms with E-state index < -0.39 is 23.1 Å². The Bertz CT molecular complexity index is 1090. The van der Waals surface area contributed by atoms with Crippen molar-refractivity contribution in [3.63, 3.8) is 0 Å². The number of esters is 1. The summed E-state index contributed by atoms with van der Waals surface area (Å²) in [5.41, 5.74) is 0.0333. The molecule has 30 heavy (non-hydrogen) atoms. The van der Waals surface area contributed by atoms with Crippen LogP contribution in [0, 0.1) is 0 Å². The van der Waals surface area contributed by atoms with Gasteiger partial charge in [0.15, 0.2) is 5.76 Å². The van der Waals surface area contributed by atoms with Crippen molar-refractivity contribution in [1.82, 2.24) is 9.78 Å². The normalized spacial score (nSPS) is 11.8. The third-order valence-electron chi connectivity index (χ3n) is 4.55. The number of benzene rings is 1. The lowest BCUT2D eigenvalue weighted by molar-refractivity contribution is -0.141. The van der Waals surface area contributed by atoms with E-state index in [0.29, 0.717) is 17.2 Å². The van der Waals surface area contributed by atoms with Crippen LogP contribution in [0.3, 0.4) is 0 Å². The van der Waals surface area contributed by atoms with Crippen LogP contribution in [0.25, 0.3) is 0 Å². The number of nitrogens with zero attached hydrogens (tertiary/aromatic N) is 2. The minimum absolute atomic E-state index is 0.0118. The predicted octanol–water partition coefficient (Wildman–Crippen LogP) is 3.07. The summed E-state index contributed by atoms with van der Waals surface area (Å²) in [5, 5.41) is 14.5. The van der Waals surface area contributed by atoms with Gasteiger partial charge in [-0.2, -0.15) is 5.10 Å². The quantitative estimate of drug-likeness (QED) is 0.430. The van der Waals surface area contributed by atoms with Crippen molar-refractivity contribution in [3.05, 3.63) is 70.0 Å². The molecule has 1 unspecified atom stereocenters. The number of hydrogen-bond acceptors (Lipinski definition) is 8. The average Bonchev–Trinajstić information content (AvgIpc) is 3.18. The molecule has 0 aliphatic heterocycles. The van der Waals surface area contributed by atoms with Gasteiger partial charge in [-0.05, 0) is 24.3 Å². The van der Waals surface area contributed by atoms with Crippen LogP contribution in [0.1, 0.15) is 29.6 Å². The molecule has 0 aliphatic carbocycles. The third-order valence-corrected chi connectivity index (χ3v) is 5.57. The summed E-state index contributed by atoms with van der Waals surface area (Å²) in [6, 6.07) is 10.5. The van der Waals surface area contributed by atoms with Gasteiger partial charge in [0.25, 0.3) is 0 Å². The molecule has 9 heteroatoms. The van der Waals surface area contributed by atoms with Crippen molar-refractivity contribution in [3.8, 4) is 11.5 Å². The minimum Gasteiger partial charge on any atom is -0.502 e. The molecule has 0 aliphatic rings. The molecule has 0 amide bonds. The second kappa shape index (κ2) is 9.53. The summed E-state index contributed by atoms with van der Waals surface area (Å²) in [5.74, 6) is -0.289. The molecular weight excluding hydrogens is 408 g/mol. The monoisotopic (exact) mass is 430 g/mol. The summed E-state index contributed by atoms with van der Waals surface area (Å²) in [4.78, 5) is 25.3. The summed E-state index contributed by atoms with van der Waals surface area (Å²) in [7, 11) is 4.58. The molecule has 2 aromatic heterocycles. The molecular formula is C21H22N2O6S. The first-order valence-electron chi connectivity index (χ1n) is 9.10. The minimum atomic E-state index is -0.723. The number of rotatable bonds is 8. The van der Waals surface area contributed by atoms with Crippen LogP contribution in [0.5, 0.6) is 11.5 Å². The lowest BCUT2D eigenvalue weighted by Crippen LogP contribution is -2.16. The molecule has 3 aromatic rings. The highest BCUT2D eigenvalue weighted by Crippen LogP contribution is 2.34. The van der Waals surface area contributed by atoms with Gasteiger partial charge in [0.05, 0.1) is 32.3 Å². The fourth-order valence-corrected chi connectivity index (χ4v) is 3.84.